The normalized spacial score (nSPS) is 22.7. The van der Waals surface area contributed by atoms with Crippen LogP contribution in [-0.4, -0.2) is 80.3 Å². The number of hydrogen-bond donors (Lipinski definition) is 2. The van der Waals surface area contributed by atoms with Gasteiger partial charge in [-0.15, -0.1) is 11.3 Å². The van der Waals surface area contributed by atoms with Gasteiger partial charge in [-0.05, 0) is 66.5 Å². The van der Waals surface area contributed by atoms with E-state index in [1.54, 1.807) is 13.8 Å². The van der Waals surface area contributed by atoms with Crippen LogP contribution in [0.5, 0.6) is 0 Å². The molecule has 1 fully saturated rings. The number of hydrogen-bond acceptors (Lipinski definition) is 12. The zero-order valence-corrected chi connectivity index (χ0v) is 26.7. The summed E-state index contributed by atoms with van der Waals surface area (Å²) in [4.78, 5) is 15.6. The van der Waals surface area contributed by atoms with Crippen LogP contribution in [0.25, 0.3) is 22.6 Å². The highest BCUT2D eigenvalue weighted by Gasteiger charge is 2.50. The molecule has 4 aromatic rings. The number of rotatable bonds is 6. The Morgan fingerprint density at radius 2 is 2.16 bits per heavy atom. The summed E-state index contributed by atoms with van der Waals surface area (Å²) in [5.74, 6) is 1.78. The monoisotopic (exact) mass is 617 g/mol. The van der Waals surface area contributed by atoms with Gasteiger partial charge in [0.2, 0.25) is 0 Å². The Labute approximate surface area is 260 Å². The van der Waals surface area contributed by atoms with E-state index >= 15 is 0 Å². The number of aryl methyl sites for hydroxylation is 1. The summed E-state index contributed by atoms with van der Waals surface area (Å²) in [6.45, 7) is 7.85. The average Bonchev–Trinajstić information content (AvgIpc) is 3.76. The predicted octanol–water partition coefficient (Wildman–Crippen LogP) is 4.01. The fourth-order valence-electron chi connectivity index (χ4n) is 7.70. The Kier molecular flexibility index (Phi) is 6.97. The van der Waals surface area contributed by atoms with Gasteiger partial charge >= 0.3 is 0 Å². The number of aromatic nitrogens is 5. The molecule has 3 N–H and O–H groups in total. The zero-order valence-electron chi connectivity index (χ0n) is 25.9. The van der Waals surface area contributed by atoms with E-state index in [-0.39, 0.29) is 6.04 Å². The zero-order chi connectivity index (χ0) is 31.0. The average molecular weight is 618 g/mol. The Bertz CT molecular complexity index is 1780. The highest BCUT2D eigenvalue weighted by Crippen LogP contribution is 2.52. The fourth-order valence-corrected chi connectivity index (χ4v) is 8.86. The first-order valence-electron chi connectivity index (χ1n) is 15.3. The Balaban J connectivity index is 1.39. The molecule has 1 saturated heterocycles. The summed E-state index contributed by atoms with van der Waals surface area (Å²) in [6.07, 6.45) is 6.65. The molecule has 7 rings (SSSR count). The summed E-state index contributed by atoms with van der Waals surface area (Å²) in [6, 6.07) is 2.77. The topological polar surface area (TPSA) is 155 Å². The molecule has 0 radical (unpaired) electrons. The third-order valence-electron chi connectivity index (χ3n) is 9.57. The predicted molar refractivity (Wildman–Crippen MR) is 168 cm³/mol. The number of likely N-dealkylation sites (N-methyl/N-ethyl adjacent to an activating group) is 2. The third kappa shape index (κ3) is 4.50. The van der Waals surface area contributed by atoms with Crippen LogP contribution in [0.2, 0.25) is 0 Å². The molecule has 0 unspecified atom stereocenters. The maximum Gasteiger partial charge on any atom is 0.186 e. The van der Waals surface area contributed by atoms with Crippen molar-refractivity contribution in [3.63, 3.8) is 0 Å². The van der Waals surface area contributed by atoms with Crippen molar-refractivity contribution in [1.82, 2.24) is 29.8 Å². The Hall–Kier alpha value is -3.57. The van der Waals surface area contributed by atoms with Gasteiger partial charge in [-0.25, -0.2) is 14.6 Å². The van der Waals surface area contributed by atoms with Crippen molar-refractivity contribution in [2.24, 2.45) is 0 Å². The van der Waals surface area contributed by atoms with Gasteiger partial charge in [-0.1, -0.05) is 5.16 Å². The molecule has 1 aliphatic carbocycles. The number of ether oxygens (including phenoxy) is 1. The molecule has 3 atom stereocenters. The minimum Gasteiger partial charge on any atom is -0.389 e. The van der Waals surface area contributed by atoms with Crippen molar-refractivity contribution in [3.8, 4) is 17.6 Å². The summed E-state index contributed by atoms with van der Waals surface area (Å²) >= 11 is 1.49. The van der Waals surface area contributed by atoms with Crippen LogP contribution >= 0.6 is 11.3 Å². The number of nitrogens with zero attached hydrogens (tertiary/aromatic N) is 8. The number of likely N-dealkylation sites (tertiary alicyclic amines) is 1. The number of nitrogens with two attached hydrogens (primary N) is 1. The number of fused-ring (bicyclic) bond motifs is 5. The van der Waals surface area contributed by atoms with E-state index in [4.69, 9.17) is 30.1 Å². The second-order valence-electron chi connectivity index (χ2n) is 13.3. The lowest BCUT2D eigenvalue weighted by molar-refractivity contribution is 0.0459. The van der Waals surface area contributed by atoms with E-state index in [1.807, 2.05) is 22.8 Å². The minimum absolute atomic E-state index is 0.0853. The highest BCUT2D eigenvalue weighted by molar-refractivity contribution is 7.16. The first-order chi connectivity index (χ1) is 21.0. The van der Waals surface area contributed by atoms with E-state index in [0.29, 0.717) is 65.1 Å². The van der Waals surface area contributed by atoms with Crippen molar-refractivity contribution in [2.45, 2.75) is 82.6 Å². The molecule has 1 spiro atoms. The van der Waals surface area contributed by atoms with E-state index in [0.717, 1.165) is 60.0 Å². The number of nitriles is 1. The maximum absolute atomic E-state index is 10.7. The first kappa shape index (κ1) is 29.2. The molecular weight excluding hydrogens is 578 g/mol. The number of nitrogen functional groups attached to an aromatic ring is 1. The standard InChI is InChI=1S/C31H39N9O3S/c1-17(21-8-7-11-38(21)4)40-29-19(13-34-40)28(39(5)15-30(2,3)41)35-27(36-29)24-20-14-42-16-31(25(20)43-37-24)10-6-9-22-23(31)18(12-32)26(33)44-22/h13,17,21,41H,6-11,14-16,33H2,1-5H3/t17-,21-,31+/m0/s1. The van der Waals surface area contributed by atoms with Crippen molar-refractivity contribution in [2.75, 3.05) is 44.4 Å². The largest absolute Gasteiger partial charge is 0.389 e. The lowest BCUT2D eigenvalue weighted by Gasteiger charge is -2.38. The molecular formula is C31H39N9O3S. The van der Waals surface area contributed by atoms with Crippen LogP contribution in [0.1, 0.15) is 79.8 Å². The molecule has 3 aliphatic rings. The van der Waals surface area contributed by atoms with Gasteiger partial charge in [0.1, 0.15) is 16.9 Å². The molecule has 4 aromatic heterocycles. The molecule has 232 valence electrons. The molecule has 0 bridgehead atoms. The summed E-state index contributed by atoms with van der Waals surface area (Å²) in [5, 5.41) is 31.5. The lowest BCUT2D eigenvalue weighted by atomic mass is 9.68. The molecule has 0 amide bonds. The van der Waals surface area contributed by atoms with E-state index in [9.17, 15) is 10.4 Å². The number of thiophene rings is 1. The number of aliphatic hydroxyl groups is 1. The van der Waals surface area contributed by atoms with Crippen molar-refractivity contribution >= 4 is 33.2 Å². The molecule has 6 heterocycles. The quantitative estimate of drug-likeness (QED) is 0.322. The maximum atomic E-state index is 10.7. The summed E-state index contributed by atoms with van der Waals surface area (Å²) < 4.78 is 14.5. The molecule has 2 aliphatic heterocycles. The van der Waals surface area contributed by atoms with Gasteiger partial charge in [0.15, 0.2) is 22.9 Å². The van der Waals surface area contributed by atoms with Crippen LogP contribution < -0.4 is 10.6 Å². The SMILES string of the molecule is C[C@@H]([C@@H]1CCCN1C)n1ncc2c(N(C)CC(C)(C)O)nc(-c3noc4c3COC[C@@]43CCCc4sc(N)c(C#N)c43)nc21. The summed E-state index contributed by atoms with van der Waals surface area (Å²) in [5.41, 5.74) is 8.19. The molecule has 13 heteroatoms. The van der Waals surface area contributed by atoms with Gasteiger partial charge in [-0.3, -0.25) is 0 Å². The summed E-state index contributed by atoms with van der Waals surface area (Å²) in [7, 11) is 4.08. The van der Waals surface area contributed by atoms with Crippen LogP contribution in [-0.2, 0) is 23.2 Å². The molecule has 0 aromatic carbocycles. The van der Waals surface area contributed by atoms with E-state index in [2.05, 4.69) is 30.1 Å². The molecule has 12 nitrogen and oxygen atoms in total. The van der Waals surface area contributed by atoms with E-state index < -0.39 is 11.0 Å². The van der Waals surface area contributed by atoms with Crippen LogP contribution in [0.3, 0.4) is 0 Å². The fraction of sp³-hybridized carbons (Fsp3) is 0.581. The Morgan fingerprint density at radius 3 is 2.89 bits per heavy atom. The lowest BCUT2D eigenvalue weighted by Crippen LogP contribution is -2.40. The number of anilines is 2. The van der Waals surface area contributed by atoms with Crippen molar-refractivity contribution in [1.29, 1.82) is 5.26 Å². The van der Waals surface area contributed by atoms with Crippen LogP contribution in [0, 0.1) is 11.3 Å². The second-order valence-corrected chi connectivity index (χ2v) is 14.5. The van der Waals surface area contributed by atoms with Crippen molar-refractivity contribution in [3.05, 3.63) is 33.5 Å². The van der Waals surface area contributed by atoms with Gasteiger partial charge in [0, 0.05) is 30.1 Å². The van der Waals surface area contributed by atoms with Gasteiger partial charge in [-0.2, -0.15) is 10.4 Å². The second kappa shape index (κ2) is 10.5. The first-order valence-corrected chi connectivity index (χ1v) is 16.1. The molecule has 44 heavy (non-hydrogen) atoms. The van der Waals surface area contributed by atoms with Gasteiger partial charge < -0.3 is 29.9 Å². The van der Waals surface area contributed by atoms with Crippen LogP contribution in [0.15, 0.2) is 10.7 Å². The van der Waals surface area contributed by atoms with E-state index in [1.165, 1.54) is 11.3 Å². The highest BCUT2D eigenvalue weighted by atomic mass is 32.1. The molecule has 0 saturated carbocycles. The van der Waals surface area contributed by atoms with Gasteiger partial charge in [0.25, 0.3) is 0 Å². The third-order valence-corrected chi connectivity index (χ3v) is 10.7. The Morgan fingerprint density at radius 1 is 1.34 bits per heavy atom. The van der Waals surface area contributed by atoms with Crippen LogP contribution in [0.4, 0.5) is 10.8 Å². The van der Waals surface area contributed by atoms with Crippen molar-refractivity contribution < 1.29 is 14.4 Å². The minimum atomic E-state index is -0.950. The van der Waals surface area contributed by atoms with Gasteiger partial charge in [0.05, 0.1) is 53.0 Å². The smallest absolute Gasteiger partial charge is 0.186 e.